The average Bonchev–Trinajstić information content (AvgIpc) is 2.84. The number of piperidine rings is 1. The maximum atomic E-state index is 11.1. The minimum atomic E-state index is -0.909. The third-order valence-corrected chi connectivity index (χ3v) is 5.01. The highest BCUT2D eigenvalue weighted by Gasteiger charge is 2.21. The molecule has 0 spiro atoms. The van der Waals surface area contributed by atoms with Gasteiger partial charge in [0.25, 0.3) is 0 Å². The minimum Gasteiger partial charge on any atom is -0.361 e. The largest absolute Gasteiger partial charge is 0.361 e. The van der Waals surface area contributed by atoms with Crippen LogP contribution in [0.15, 0.2) is 11.4 Å². The molecule has 5 nitrogen and oxygen atoms in total. The maximum Gasteiger partial charge on any atom is 0.309 e. The van der Waals surface area contributed by atoms with E-state index in [0.29, 0.717) is 12.5 Å². The Morgan fingerprint density at radius 3 is 3.00 bits per heavy atom. The quantitative estimate of drug-likeness (QED) is 0.804. The van der Waals surface area contributed by atoms with Crippen molar-refractivity contribution in [2.24, 2.45) is 11.7 Å². The molecule has 1 aromatic rings. The summed E-state index contributed by atoms with van der Waals surface area (Å²) in [5.74, 6) is -1.02. The molecular formula is C15H23N3O2S. The first-order valence-electron chi connectivity index (χ1n) is 7.39. The molecule has 1 aromatic heterocycles. The van der Waals surface area contributed by atoms with Crippen molar-refractivity contribution in [1.82, 2.24) is 10.2 Å². The summed E-state index contributed by atoms with van der Waals surface area (Å²) in [5, 5.41) is 4.71. The second-order valence-corrected chi connectivity index (χ2v) is 6.68. The predicted octanol–water partition coefficient (Wildman–Crippen LogP) is 1.26. The monoisotopic (exact) mass is 309 g/mol. The number of carbonyl (C=O) groups excluding carboxylic acids is 2. The molecule has 0 bridgehead atoms. The molecule has 0 saturated carbocycles. The van der Waals surface area contributed by atoms with Crippen LogP contribution < -0.4 is 11.1 Å². The number of rotatable bonds is 5. The Hall–Kier alpha value is -1.40. The number of thiophene rings is 1. The van der Waals surface area contributed by atoms with E-state index in [-0.39, 0.29) is 0 Å². The Kier molecular flexibility index (Phi) is 5.76. The minimum absolute atomic E-state index is 0.526. The first kappa shape index (κ1) is 16.0. The molecule has 6 heteroatoms. The van der Waals surface area contributed by atoms with Crippen LogP contribution >= 0.6 is 11.3 Å². The van der Waals surface area contributed by atoms with Crippen molar-refractivity contribution >= 4 is 23.2 Å². The third kappa shape index (κ3) is 4.82. The molecule has 2 amide bonds. The van der Waals surface area contributed by atoms with Gasteiger partial charge in [0, 0.05) is 24.5 Å². The lowest BCUT2D eigenvalue weighted by molar-refractivity contribution is -0.137. The number of primary amides is 1. The smallest absolute Gasteiger partial charge is 0.309 e. The van der Waals surface area contributed by atoms with Gasteiger partial charge in [0.05, 0.1) is 0 Å². The Morgan fingerprint density at radius 2 is 2.33 bits per heavy atom. The van der Waals surface area contributed by atoms with Gasteiger partial charge in [0.1, 0.15) is 0 Å². The van der Waals surface area contributed by atoms with Crippen LogP contribution in [0.3, 0.4) is 0 Å². The number of aryl methyl sites for hydroxylation is 1. The third-order valence-electron chi connectivity index (χ3n) is 4.00. The zero-order chi connectivity index (χ0) is 15.2. The van der Waals surface area contributed by atoms with Crippen molar-refractivity contribution in [2.75, 3.05) is 19.6 Å². The number of amides is 2. The molecule has 0 radical (unpaired) electrons. The van der Waals surface area contributed by atoms with Crippen LogP contribution in [-0.4, -0.2) is 36.3 Å². The lowest BCUT2D eigenvalue weighted by atomic mass is 9.94. The number of nitrogens with one attached hydrogen (secondary N) is 1. The Balaban J connectivity index is 1.74. The zero-order valence-electron chi connectivity index (χ0n) is 12.4. The van der Waals surface area contributed by atoms with Crippen molar-refractivity contribution in [3.63, 3.8) is 0 Å². The number of nitrogens with two attached hydrogens (primary N) is 1. The summed E-state index contributed by atoms with van der Waals surface area (Å²) in [6.45, 7) is 5.91. The molecule has 1 aliphatic heterocycles. The molecular weight excluding hydrogens is 286 g/mol. The summed E-state index contributed by atoms with van der Waals surface area (Å²) in [6.07, 6.45) is 3.28. The van der Waals surface area contributed by atoms with Gasteiger partial charge < -0.3 is 11.1 Å². The van der Waals surface area contributed by atoms with Crippen molar-refractivity contribution in [1.29, 1.82) is 0 Å². The molecule has 1 aliphatic rings. The molecule has 0 aromatic carbocycles. The van der Waals surface area contributed by atoms with Gasteiger partial charge in [0.2, 0.25) is 0 Å². The van der Waals surface area contributed by atoms with E-state index < -0.39 is 11.8 Å². The normalized spacial score (nSPS) is 19.4. The number of hydrogen-bond acceptors (Lipinski definition) is 4. The highest BCUT2D eigenvalue weighted by Crippen LogP contribution is 2.24. The van der Waals surface area contributed by atoms with Crippen LogP contribution in [0.2, 0.25) is 0 Å². The molecule has 1 unspecified atom stereocenters. The van der Waals surface area contributed by atoms with Crippen molar-refractivity contribution in [2.45, 2.75) is 32.7 Å². The number of likely N-dealkylation sites (tertiary alicyclic amines) is 1. The van der Waals surface area contributed by atoms with Crippen LogP contribution in [0.5, 0.6) is 0 Å². The molecule has 1 fully saturated rings. The Labute approximate surface area is 129 Å². The van der Waals surface area contributed by atoms with E-state index in [2.05, 4.69) is 28.6 Å². The highest BCUT2D eigenvalue weighted by atomic mass is 32.1. The van der Waals surface area contributed by atoms with E-state index in [4.69, 9.17) is 5.73 Å². The van der Waals surface area contributed by atoms with Crippen molar-refractivity contribution < 1.29 is 9.59 Å². The molecule has 116 valence electrons. The van der Waals surface area contributed by atoms with Gasteiger partial charge in [-0.3, -0.25) is 14.5 Å². The summed E-state index contributed by atoms with van der Waals surface area (Å²) in [5.41, 5.74) is 6.28. The van der Waals surface area contributed by atoms with Gasteiger partial charge in [-0.1, -0.05) is 0 Å². The standard InChI is InChI=1S/C15H23N3O2S/c1-11-5-8-21-13(11)10-18-7-2-3-12(9-18)4-6-17-15(20)14(16)19/h5,8,12H,2-4,6-7,9-10H2,1H3,(H2,16,19)(H,17,20). The first-order chi connectivity index (χ1) is 10.1. The molecule has 0 aliphatic carbocycles. The summed E-state index contributed by atoms with van der Waals surface area (Å²) < 4.78 is 0. The van der Waals surface area contributed by atoms with Gasteiger partial charge in [0.15, 0.2) is 0 Å². The molecule has 2 rings (SSSR count). The van der Waals surface area contributed by atoms with Gasteiger partial charge >= 0.3 is 11.8 Å². The first-order valence-corrected chi connectivity index (χ1v) is 8.27. The molecule has 1 atom stereocenters. The summed E-state index contributed by atoms with van der Waals surface area (Å²) >= 11 is 1.82. The van der Waals surface area contributed by atoms with Crippen LogP contribution in [-0.2, 0) is 16.1 Å². The molecule has 2 heterocycles. The van der Waals surface area contributed by atoms with E-state index >= 15 is 0 Å². The summed E-state index contributed by atoms with van der Waals surface area (Å²) in [7, 11) is 0. The van der Waals surface area contributed by atoms with Crippen LogP contribution in [0.4, 0.5) is 0 Å². The van der Waals surface area contributed by atoms with Gasteiger partial charge in [-0.05, 0) is 55.7 Å². The Bertz CT molecular complexity index is 501. The molecule has 3 N–H and O–H groups in total. The van der Waals surface area contributed by atoms with Crippen LogP contribution in [0, 0.1) is 12.8 Å². The molecule has 1 saturated heterocycles. The second kappa shape index (κ2) is 7.56. The van der Waals surface area contributed by atoms with Crippen molar-refractivity contribution in [3.8, 4) is 0 Å². The summed E-state index contributed by atoms with van der Waals surface area (Å²) in [4.78, 5) is 25.7. The van der Waals surface area contributed by atoms with E-state index in [1.807, 2.05) is 11.3 Å². The lowest BCUT2D eigenvalue weighted by Gasteiger charge is -2.32. The maximum absolute atomic E-state index is 11.1. The summed E-state index contributed by atoms with van der Waals surface area (Å²) in [6, 6.07) is 2.17. The van der Waals surface area contributed by atoms with Crippen LogP contribution in [0.25, 0.3) is 0 Å². The van der Waals surface area contributed by atoms with E-state index in [1.54, 1.807) is 0 Å². The topological polar surface area (TPSA) is 75.4 Å². The van der Waals surface area contributed by atoms with Gasteiger partial charge in [-0.2, -0.15) is 0 Å². The number of nitrogens with zero attached hydrogens (tertiary/aromatic N) is 1. The number of hydrogen-bond donors (Lipinski definition) is 2. The van der Waals surface area contributed by atoms with Crippen molar-refractivity contribution in [3.05, 3.63) is 21.9 Å². The fourth-order valence-electron chi connectivity index (χ4n) is 2.78. The SMILES string of the molecule is Cc1ccsc1CN1CCCC(CCNC(=O)C(N)=O)C1. The second-order valence-electron chi connectivity index (χ2n) is 5.68. The predicted molar refractivity (Wildman–Crippen MR) is 83.9 cm³/mol. The fourth-order valence-corrected chi connectivity index (χ4v) is 3.72. The highest BCUT2D eigenvalue weighted by molar-refractivity contribution is 7.10. The van der Waals surface area contributed by atoms with Gasteiger partial charge in [-0.15, -0.1) is 11.3 Å². The van der Waals surface area contributed by atoms with E-state index in [0.717, 1.165) is 26.1 Å². The van der Waals surface area contributed by atoms with Crippen LogP contribution in [0.1, 0.15) is 29.7 Å². The average molecular weight is 309 g/mol. The number of carbonyl (C=O) groups is 2. The Morgan fingerprint density at radius 1 is 1.52 bits per heavy atom. The van der Waals surface area contributed by atoms with E-state index in [9.17, 15) is 9.59 Å². The lowest BCUT2D eigenvalue weighted by Crippen LogP contribution is -2.39. The molecule has 21 heavy (non-hydrogen) atoms. The fraction of sp³-hybridized carbons (Fsp3) is 0.600. The zero-order valence-corrected chi connectivity index (χ0v) is 13.2. The van der Waals surface area contributed by atoms with Gasteiger partial charge in [-0.25, -0.2) is 0 Å². The van der Waals surface area contributed by atoms with E-state index in [1.165, 1.54) is 23.3 Å².